The van der Waals surface area contributed by atoms with Gasteiger partial charge in [0, 0.05) is 43.0 Å². The Morgan fingerprint density at radius 3 is 2.86 bits per heavy atom. The molecule has 5 nitrogen and oxygen atoms in total. The van der Waals surface area contributed by atoms with E-state index in [4.69, 9.17) is 9.47 Å². The second kappa shape index (κ2) is 8.70. The molecule has 2 N–H and O–H groups in total. The Bertz CT molecular complexity index is 909. The van der Waals surface area contributed by atoms with Gasteiger partial charge in [0.05, 0.1) is 13.2 Å². The molecule has 152 valence electrons. The molecule has 5 heteroatoms. The van der Waals surface area contributed by atoms with Crippen molar-refractivity contribution in [2.24, 2.45) is 5.92 Å². The predicted molar refractivity (Wildman–Crippen MR) is 115 cm³/mol. The van der Waals surface area contributed by atoms with Crippen molar-refractivity contribution < 1.29 is 14.3 Å². The first-order chi connectivity index (χ1) is 14.2. The Morgan fingerprint density at radius 2 is 2.03 bits per heavy atom. The Labute approximate surface area is 172 Å². The highest BCUT2D eigenvalue weighted by Gasteiger charge is 2.39. The first-order valence-electron chi connectivity index (χ1n) is 10.2. The van der Waals surface area contributed by atoms with Gasteiger partial charge in [-0.3, -0.25) is 4.79 Å². The quantitative estimate of drug-likeness (QED) is 0.545. The summed E-state index contributed by atoms with van der Waals surface area (Å²) in [6.07, 6.45) is 6.36. The van der Waals surface area contributed by atoms with Crippen LogP contribution in [0.25, 0.3) is 0 Å². The van der Waals surface area contributed by atoms with Crippen LogP contribution >= 0.6 is 0 Å². The van der Waals surface area contributed by atoms with Crippen molar-refractivity contribution in [1.82, 2.24) is 5.32 Å². The average molecular weight is 392 g/mol. The number of hydrogen-bond donors (Lipinski definition) is 2. The number of carbonyl (C=O) groups excluding carboxylic acids is 1. The zero-order valence-corrected chi connectivity index (χ0v) is 17.0. The van der Waals surface area contributed by atoms with E-state index in [0.717, 1.165) is 24.3 Å². The molecule has 0 aromatic heterocycles. The van der Waals surface area contributed by atoms with Crippen molar-refractivity contribution >= 4 is 11.6 Å². The van der Waals surface area contributed by atoms with Crippen LogP contribution in [-0.2, 0) is 4.74 Å². The fourth-order valence-corrected chi connectivity index (χ4v) is 4.49. The third kappa shape index (κ3) is 3.87. The third-order valence-electron chi connectivity index (χ3n) is 5.91. The van der Waals surface area contributed by atoms with Crippen molar-refractivity contribution in [3.8, 4) is 5.75 Å². The number of nitrogens with one attached hydrogen (secondary N) is 2. The summed E-state index contributed by atoms with van der Waals surface area (Å²) in [5, 5.41) is 6.69. The summed E-state index contributed by atoms with van der Waals surface area (Å²) in [5.74, 6) is 1.57. The molecule has 0 spiro atoms. The molecule has 1 heterocycles. The van der Waals surface area contributed by atoms with Crippen molar-refractivity contribution in [2.75, 3.05) is 32.7 Å². The number of para-hydroxylation sites is 1. The van der Waals surface area contributed by atoms with E-state index in [-0.39, 0.29) is 11.9 Å². The first kappa shape index (κ1) is 19.5. The van der Waals surface area contributed by atoms with Crippen LogP contribution in [0, 0.1) is 5.92 Å². The smallest absolute Gasteiger partial charge is 0.251 e. The van der Waals surface area contributed by atoms with Crippen LogP contribution in [0.15, 0.2) is 54.6 Å². The number of anilines is 1. The highest BCUT2D eigenvalue weighted by atomic mass is 16.5. The fourth-order valence-electron chi connectivity index (χ4n) is 4.49. The Balaban J connectivity index is 1.59. The number of fused-ring (bicyclic) bond motifs is 3. The van der Waals surface area contributed by atoms with Gasteiger partial charge in [-0.15, -0.1) is 0 Å². The lowest BCUT2D eigenvalue weighted by atomic mass is 9.76. The van der Waals surface area contributed by atoms with Crippen LogP contribution in [0.1, 0.15) is 46.3 Å². The molecule has 2 aromatic carbocycles. The number of allylic oxidation sites excluding steroid dienone is 2. The van der Waals surface area contributed by atoms with Crippen molar-refractivity contribution in [3.63, 3.8) is 0 Å². The largest absolute Gasteiger partial charge is 0.496 e. The molecule has 0 bridgehead atoms. The standard InChI is InChI=1S/C24H28N2O3/c1-28-14-6-13-25-24(27)16-11-12-21-20(15-16)17-8-5-9-18(17)23(26-21)19-7-3-4-10-22(19)29-2/h3-5,7-8,10-12,15,17-18,23,26H,6,9,13-14H2,1-2H3,(H,25,27). The molecular formula is C24H28N2O3. The van der Waals surface area contributed by atoms with Gasteiger partial charge in [0.2, 0.25) is 0 Å². The molecule has 3 atom stereocenters. The molecule has 2 aliphatic rings. The summed E-state index contributed by atoms with van der Waals surface area (Å²) in [6.45, 7) is 1.26. The summed E-state index contributed by atoms with van der Waals surface area (Å²) in [6, 6.07) is 14.4. The van der Waals surface area contributed by atoms with Gasteiger partial charge in [0.15, 0.2) is 0 Å². The zero-order valence-electron chi connectivity index (χ0n) is 17.0. The van der Waals surface area contributed by atoms with Gasteiger partial charge in [-0.2, -0.15) is 0 Å². The minimum Gasteiger partial charge on any atom is -0.496 e. The number of benzene rings is 2. The lowest BCUT2D eigenvalue weighted by Gasteiger charge is -2.38. The van der Waals surface area contributed by atoms with Crippen LogP contribution in [0.5, 0.6) is 5.75 Å². The third-order valence-corrected chi connectivity index (χ3v) is 5.91. The number of rotatable bonds is 7. The van der Waals surface area contributed by atoms with Gasteiger partial charge in [-0.25, -0.2) is 0 Å². The van der Waals surface area contributed by atoms with E-state index in [0.29, 0.717) is 30.6 Å². The van der Waals surface area contributed by atoms with Crippen LogP contribution in [-0.4, -0.2) is 33.3 Å². The van der Waals surface area contributed by atoms with E-state index in [1.165, 1.54) is 11.1 Å². The number of carbonyl (C=O) groups is 1. The molecular weight excluding hydrogens is 364 g/mol. The maximum Gasteiger partial charge on any atom is 0.251 e. The summed E-state index contributed by atoms with van der Waals surface area (Å²) in [5.41, 5.74) is 4.17. The molecule has 0 fully saturated rings. The van der Waals surface area contributed by atoms with Gasteiger partial charge in [0.1, 0.15) is 5.75 Å². The molecule has 0 radical (unpaired) electrons. The summed E-state index contributed by atoms with van der Waals surface area (Å²) >= 11 is 0. The maximum absolute atomic E-state index is 12.5. The van der Waals surface area contributed by atoms with E-state index in [1.54, 1.807) is 14.2 Å². The lowest BCUT2D eigenvalue weighted by Crippen LogP contribution is -2.30. The van der Waals surface area contributed by atoms with E-state index < -0.39 is 0 Å². The number of methoxy groups -OCH3 is 2. The maximum atomic E-state index is 12.5. The van der Waals surface area contributed by atoms with Crippen molar-refractivity contribution in [3.05, 3.63) is 71.3 Å². The lowest BCUT2D eigenvalue weighted by molar-refractivity contribution is 0.0948. The van der Waals surface area contributed by atoms with Crippen molar-refractivity contribution in [2.45, 2.75) is 24.8 Å². The van der Waals surface area contributed by atoms with E-state index in [2.05, 4.69) is 34.9 Å². The first-order valence-corrected chi connectivity index (χ1v) is 10.2. The molecule has 1 aliphatic carbocycles. The molecule has 4 rings (SSSR count). The predicted octanol–water partition coefficient (Wildman–Crippen LogP) is 4.29. The van der Waals surface area contributed by atoms with Crippen LogP contribution < -0.4 is 15.4 Å². The van der Waals surface area contributed by atoms with Crippen LogP contribution in [0.4, 0.5) is 5.69 Å². The summed E-state index contributed by atoms with van der Waals surface area (Å²) in [7, 11) is 3.39. The van der Waals surface area contributed by atoms with E-state index >= 15 is 0 Å². The second-order valence-corrected chi connectivity index (χ2v) is 7.62. The fraction of sp³-hybridized carbons (Fsp3) is 0.375. The van der Waals surface area contributed by atoms with Gasteiger partial charge in [0.25, 0.3) is 5.91 Å². The molecule has 2 aromatic rings. The molecule has 29 heavy (non-hydrogen) atoms. The normalized spacial score (nSPS) is 21.8. The van der Waals surface area contributed by atoms with E-state index in [9.17, 15) is 4.79 Å². The molecule has 0 saturated heterocycles. The SMILES string of the molecule is COCCCNC(=O)c1ccc2c(c1)C1C=CCC1C(c1ccccc1OC)N2. The molecule has 1 aliphatic heterocycles. The number of amides is 1. The van der Waals surface area contributed by atoms with E-state index in [1.807, 2.05) is 30.3 Å². The highest BCUT2D eigenvalue weighted by molar-refractivity contribution is 5.95. The zero-order chi connectivity index (χ0) is 20.2. The monoisotopic (exact) mass is 392 g/mol. The van der Waals surface area contributed by atoms with Crippen LogP contribution in [0.3, 0.4) is 0 Å². The highest BCUT2D eigenvalue weighted by Crippen LogP contribution is 2.51. The minimum absolute atomic E-state index is 0.0331. The molecule has 3 unspecified atom stereocenters. The van der Waals surface area contributed by atoms with Crippen molar-refractivity contribution in [1.29, 1.82) is 0 Å². The minimum atomic E-state index is -0.0331. The summed E-state index contributed by atoms with van der Waals surface area (Å²) in [4.78, 5) is 12.5. The van der Waals surface area contributed by atoms with Gasteiger partial charge >= 0.3 is 0 Å². The number of ether oxygens (including phenoxy) is 2. The number of hydrogen-bond acceptors (Lipinski definition) is 4. The average Bonchev–Trinajstić information content (AvgIpc) is 3.26. The second-order valence-electron chi connectivity index (χ2n) is 7.62. The van der Waals surface area contributed by atoms with Gasteiger partial charge in [-0.05, 0) is 48.6 Å². The molecule has 1 amide bonds. The Hall–Kier alpha value is -2.79. The topological polar surface area (TPSA) is 59.6 Å². The molecule has 0 saturated carbocycles. The Kier molecular flexibility index (Phi) is 5.86. The van der Waals surface area contributed by atoms with Gasteiger partial charge < -0.3 is 20.1 Å². The van der Waals surface area contributed by atoms with Crippen LogP contribution in [0.2, 0.25) is 0 Å². The van der Waals surface area contributed by atoms with Gasteiger partial charge in [-0.1, -0.05) is 30.4 Å². The summed E-state index contributed by atoms with van der Waals surface area (Å²) < 4.78 is 10.7. The Morgan fingerprint density at radius 1 is 1.17 bits per heavy atom.